The SMILES string of the molecule is CC1(C)[C@@H]2C[C@@H]3[C@@H](c4ccccc4O)OCC[C@]3(C2)[C@H]1NC(=O)CCO. The van der Waals surface area contributed by atoms with Crippen molar-refractivity contribution in [2.24, 2.45) is 22.7 Å². The zero-order valence-corrected chi connectivity index (χ0v) is 15.6. The Balaban J connectivity index is 1.68. The fraction of sp³-hybridized carbons (Fsp3) is 0.667. The smallest absolute Gasteiger partial charge is 0.222 e. The Bertz CT molecular complexity index is 703. The number of aliphatic hydroxyl groups is 1. The quantitative estimate of drug-likeness (QED) is 0.772. The third kappa shape index (κ3) is 2.48. The van der Waals surface area contributed by atoms with E-state index in [9.17, 15) is 9.90 Å². The van der Waals surface area contributed by atoms with Crippen molar-refractivity contribution in [2.45, 2.75) is 51.7 Å². The summed E-state index contributed by atoms with van der Waals surface area (Å²) in [5.41, 5.74) is 0.898. The molecule has 5 atom stereocenters. The second-order valence-corrected chi connectivity index (χ2v) is 8.87. The molecule has 1 heterocycles. The monoisotopic (exact) mass is 359 g/mol. The maximum atomic E-state index is 12.3. The van der Waals surface area contributed by atoms with Gasteiger partial charge in [-0.1, -0.05) is 32.0 Å². The van der Waals surface area contributed by atoms with Crippen LogP contribution in [0.4, 0.5) is 0 Å². The molecular formula is C21H29NO4. The van der Waals surface area contributed by atoms with Crippen molar-refractivity contribution in [1.29, 1.82) is 0 Å². The largest absolute Gasteiger partial charge is 0.508 e. The van der Waals surface area contributed by atoms with Crippen LogP contribution in [0, 0.1) is 22.7 Å². The maximum Gasteiger partial charge on any atom is 0.222 e. The summed E-state index contributed by atoms with van der Waals surface area (Å²) >= 11 is 0. The standard InChI is InChI=1S/C21H29NO4/c1-20(2)13-11-15-18(14-5-3-4-6-16(14)24)26-10-8-21(15,12-13)19(20)22-17(25)7-9-23/h3-6,13,15,18-19,23-24H,7-12H2,1-2H3,(H,22,25)/t13-,15-,18-,19+,21-/m1/s1. The van der Waals surface area contributed by atoms with Crippen LogP contribution in [0.25, 0.3) is 0 Å². The van der Waals surface area contributed by atoms with Gasteiger partial charge in [-0.25, -0.2) is 0 Å². The Kier molecular flexibility index (Phi) is 4.27. The van der Waals surface area contributed by atoms with Gasteiger partial charge in [-0.2, -0.15) is 0 Å². The number of phenols is 1. The first-order valence-corrected chi connectivity index (χ1v) is 9.70. The Labute approximate surface area is 154 Å². The van der Waals surface area contributed by atoms with Crippen molar-refractivity contribution in [3.8, 4) is 5.75 Å². The average molecular weight is 359 g/mol. The lowest BCUT2D eigenvalue weighted by molar-refractivity contribution is -0.138. The molecule has 2 bridgehead atoms. The van der Waals surface area contributed by atoms with Gasteiger partial charge in [0.25, 0.3) is 0 Å². The lowest BCUT2D eigenvalue weighted by Gasteiger charge is -2.53. The number of para-hydroxylation sites is 1. The van der Waals surface area contributed by atoms with E-state index < -0.39 is 0 Å². The predicted molar refractivity (Wildman–Crippen MR) is 97.5 cm³/mol. The molecule has 1 amide bonds. The van der Waals surface area contributed by atoms with E-state index in [1.54, 1.807) is 6.07 Å². The number of fused-ring (bicyclic) bond motifs is 1. The summed E-state index contributed by atoms with van der Waals surface area (Å²) < 4.78 is 6.16. The number of hydrogen-bond acceptors (Lipinski definition) is 4. The van der Waals surface area contributed by atoms with Crippen molar-refractivity contribution in [1.82, 2.24) is 5.32 Å². The second-order valence-electron chi connectivity index (χ2n) is 8.87. The fourth-order valence-corrected chi connectivity index (χ4v) is 6.16. The molecular weight excluding hydrogens is 330 g/mol. The lowest BCUT2D eigenvalue weighted by Crippen LogP contribution is -2.59. The van der Waals surface area contributed by atoms with E-state index in [2.05, 4.69) is 19.2 Å². The van der Waals surface area contributed by atoms with Crippen LogP contribution in [0.3, 0.4) is 0 Å². The molecule has 3 N–H and O–H groups in total. The molecule has 26 heavy (non-hydrogen) atoms. The molecule has 1 aliphatic heterocycles. The number of nitrogens with one attached hydrogen (secondary N) is 1. The van der Waals surface area contributed by atoms with E-state index in [4.69, 9.17) is 9.84 Å². The summed E-state index contributed by atoms with van der Waals surface area (Å²) in [7, 11) is 0. The van der Waals surface area contributed by atoms with Crippen molar-refractivity contribution >= 4 is 5.91 Å². The maximum absolute atomic E-state index is 12.3. The molecule has 5 nitrogen and oxygen atoms in total. The number of aromatic hydroxyl groups is 1. The van der Waals surface area contributed by atoms with Crippen LogP contribution in [0.1, 0.15) is 51.2 Å². The zero-order valence-electron chi connectivity index (χ0n) is 15.6. The van der Waals surface area contributed by atoms with E-state index in [1.807, 2.05) is 18.2 Å². The molecule has 1 spiro atoms. The van der Waals surface area contributed by atoms with Crippen LogP contribution < -0.4 is 5.32 Å². The highest BCUT2D eigenvalue weighted by atomic mass is 16.5. The van der Waals surface area contributed by atoms with E-state index in [0.717, 1.165) is 24.8 Å². The van der Waals surface area contributed by atoms with Crippen LogP contribution >= 0.6 is 0 Å². The first kappa shape index (κ1) is 17.8. The first-order chi connectivity index (χ1) is 12.4. The van der Waals surface area contributed by atoms with Crippen LogP contribution in [0.15, 0.2) is 24.3 Å². The second kappa shape index (κ2) is 6.24. The molecule has 3 aliphatic rings. The Morgan fingerprint density at radius 1 is 1.35 bits per heavy atom. The summed E-state index contributed by atoms with van der Waals surface area (Å²) in [5.74, 6) is 1.04. The number of aliphatic hydroxyl groups excluding tert-OH is 1. The summed E-state index contributed by atoms with van der Waals surface area (Å²) in [6.07, 6.45) is 3.13. The molecule has 0 aromatic heterocycles. The fourth-order valence-electron chi connectivity index (χ4n) is 6.16. The lowest BCUT2D eigenvalue weighted by atomic mass is 9.58. The Hall–Kier alpha value is -1.59. The van der Waals surface area contributed by atoms with Gasteiger partial charge < -0.3 is 20.3 Å². The molecule has 0 radical (unpaired) electrons. The van der Waals surface area contributed by atoms with Gasteiger partial charge in [0.2, 0.25) is 5.91 Å². The molecule has 3 fully saturated rings. The van der Waals surface area contributed by atoms with Crippen molar-refractivity contribution in [3.05, 3.63) is 29.8 Å². The summed E-state index contributed by atoms with van der Waals surface area (Å²) in [5, 5.41) is 22.7. The highest BCUT2D eigenvalue weighted by molar-refractivity contribution is 5.76. The van der Waals surface area contributed by atoms with Gasteiger partial charge in [-0.05, 0) is 48.0 Å². The van der Waals surface area contributed by atoms with E-state index >= 15 is 0 Å². The van der Waals surface area contributed by atoms with Crippen LogP contribution in [0.2, 0.25) is 0 Å². The van der Waals surface area contributed by atoms with Gasteiger partial charge in [0.1, 0.15) is 5.75 Å². The molecule has 5 heteroatoms. The van der Waals surface area contributed by atoms with E-state index in [-0.39, 0.29) is 47.7 Å². The molecule has 2 aliphatic carbocycles. The predicted octanol–water partition coefficient (Wildman–Crippen LogP) is 2.77. The molecule has 0 unspecified atom stereocenters. The van der Waals surface area contributed by atoms with Crippen molar-refractivity contribution in [3.63, 3.8) is 0 Å². The van der Waals surface area contributed by atoms with Gasteiger partial charge in [-0.3, -0.25) is 4.79 Å². The molecule has 1 aromatic rings. The number of ether oxygens (including phenoxy) is 1. The highest BCUT2D eigenvalue weighted by Crippen LogP contribution is 2.70. The minimum atomic E-state index is -0.123. The summed E-state index contributed by atoms with van der Waals surface area (Å²) in [6.45, 7) is 5.04. The van der Waals surface area contributed by atoms with Gasteiger partial charge in [0.05, 0.1) is 12.7 Å². The Morgan fingerprint density at radius 2 is 2.12 bits per heavy atom. The number of amides is 1. The number of carbonyl (C=O) groups excluding carboxylic acids is 1. The normalized spacial score (nSPS) is 37.3. The van der Waals surface area contributed by atoms with E-state index in [0.29, 0.717) is 18.4 Å². The van der Waals surface area contributed by atoms with Gasteiger partial charge in [0, 0.05) is 24.6 Å². The third-order valence-electron chi connectivity index (χ3n) is 7.39. The minimum absolute atomic E-state index is 0.00444. The average Bonchev–Trinajstić information content (AvgIpc) is 3.09. The van der Waals surface area contributed by atoms with Crippen molar-refractivity contribution < 1.29 is 19.7 Å². The number of carbonyl (C=O) groups is 1. The van der Waals surface area contributed by atoms with E-state index in [1.165, 1.54) is 0 Å². The Morgan fingerprint density at radius 3 is 2.85 bits per heavy atom. The van der Waals surface area contributed by atoms with Gasteiger partial charge >= 0.3 is 0 Å². The number of benzene rings is 1. The minimum Gasteiger partial charge on any atom is -0.508 e. The number of hydrogen-bond donors (Lipinski definition) is 3. The first-order valence-electron chi connectivity index (χ1n) is 9.70. The highest BCUT2D eigenvalue weighted by Gasteiger charge is 2.68. The van der Waals surface area contributed by atoms with Gasteiger partial charge in [0.15, 0.2) is 0 Å². The van der Waals surface area contributed by atoms with Crippen LogP contribution in [-0.2, 0) is 9.53 Å². The van der Waals surface area contributed by atoms with Crippen LogP contribution in [-0.4, -0.2) is 35.4 Å². The molecule has 4 rings (SSSR count). The number of rotatable bonds is 4. The molecule has 142 valence electrons. The molecule has 2 saturated carbocycles. The summed E-state index contributed by atoms with van der Waals surface area (Å²) in [4.78, 5) is 12.3. The topological polar surface area (TPSA) is 78.8 Å². The summed E-state index contributed by atoms with van der Waals surface area (Å²) in [6, 6.07) is 7.53. The number of phenolic OH excluding ortho intramolecular Hbond substituents is 1. The molecule has 1 aromatic carbocycles. The molecule has 1 saturated heterocycles. The third-order valence-corrected chi connectivity index (χ3v) is 7.39. The zero-order chi connectivity index (χ0) is 18.5. The van der Waals surface area contributed by atoms with Crippen molar-refractivity contribution in [2.75, 3.05) is 13.2 Å². The van der Waals surface area contributed by atoms with Crippen LogP contribution in [0.5, 0.6) is 5.75 Å². The van der Waals surface area contributed by atoms with Gasteiger partial charge in [-0.15, -0.1) is 0 Å².